The van der Waals surface area contributed by atoms with Gasteiger partial charge in [-0.25, -0.2) is 0 Å². The van der Waals surface area contributed by atoms with E-state index in [1.807, 2.05) is 37.3 Å². The number of hydrogen-bond acceptors (Lipinski definition) is 2. The molecule has 0 spiro atoms. The Kier molecular flexibility index (Phi) is 6.06. The first-order valence-electron chi connectivity index (χ1n) is 8.64. The van der Waals surface area contributed by atoms with Gasteiger partial charge in [0.25, 0.3) is 0 Å². The molecule has 1 aliphatic carbocycles. The van der Waals surface area contributed by atoms with Crippen LogP contribution in [0.15, 0.2) is 43.0 Å². The van der Waals surface area contributed by atoms with E-state index in [0.717, 1.165) is 37.2 Å². The zero-order chi connectivity index (χ0) is 16.9. The van der Waals surface area contributed by atoms with Crippen LogP contribution in [0, 0.1) is 11.3 Å². The first kappa shape index (κ1) is 17.8. The molecule has 23 heavy (non-hydrogen) atoms. The molecule has 0 radical (unpaired) electrons. The van der Waals surface area contributed by atoms with Crippen molar-refractivity contribution < 1.29 is 9.47 Å². The Morgan fingerprint density at radius 3 is 2.61 bits per heavy atom. The first-order chi connectivity index (χ1) is 11.0. The Morgan fingerprint density at radius 2 is 2.04 bits per heavy atom. The van der Waals surface area contributed by atoms with E-state index in [2.05, 4.69) is 27.0 Å². The van der Waals surface area contributed by atoms with Gasteiger partial charge in [0.2, 0.25) is 0 Å². The summed E-state index contributed by atoms with van der Waals surface area (Å²) >= 11 is 0. The fraction of sp³-hybridized carbons (Fsp3) is 0.524. The van der Waals surface area contributed by atoms with Crippen LogP contribution in [0.1, 0.15) is 52.0 Å². The lowest BCUT2D eigenvalue weighted by atomic mass is 9.67. The smallest absolute Gasteiger partial charge is 0.196 e. The molecule has 2 rings (SSSR count). The van der Waals surface area contributed by atoms with Crippen LogP contribution in [-0.4, -0.2) is 12.9 Å². The van der Waals surface area contributed by atoms with Gasteiger partial charge in [-0.1, -0.05) is 50.8 Å². The SMILES string of the molecule is C=Cc1ccc(OC(C)OCC2(CC)CC(=C)CC(C)C2)cc1. The third-order valence-corrected chi connectivity index (χ3v) is 4.84. The summed E-state index contributed by atoms with van der Waals surface area (Å²) in [5.41, 5.74) is 2.67. The molecule has 1 saturated carbocycles. The molecular formula is C21H30O2. The van der Waals surface area contributed by atoms with Gasteiger partial charge in [0, 0.05) is 0 Å². The highest BCUT2D eigenvalue weighted by Crippen LogP contribution is 2.44. The van der Waals surface area contributed by atoms with Crippen LogP contribution in [0.2, 0.25) is 0 Å². The first-order valence-corrected chi connectivity index (χ1v) is 8.64. The van der Waals surface area contributed by atoms with Gasteiger partial charge < -0.3 is 9.47 Å². The molecule has 1 aromatic rings. The van der Waals surface area contributed by atoms with Crippen molar-refractivity contribution in [3.05, 3.63) is 48.6 Å². The Balaban J connectivity index is 1.89. The third-order valence-electron chi connectivity index (χ3n) is 4.84. The zero-order valence-corrected chi connectivity index (χ0v) is 14.8. The van der Waals surface area contributed by atoms with Gasteiger partial charge in [-0.15, -0.1) is 0 Å². The summed E-state index contributed by atoms with van der Waals surface area (Å²) < 4.78 is 11.9. The molecule has 0 bridgehead atoms. The normalized spacial score (nSPS) is 25.9. The molecule has 2 nitrogen and oxygen atoms in total. The molecule has 3 unspecified atom stereocenters. The molecule has 1 aromatic carbocycles. The lowest BCUT2D eigenvalue weighted by Gasteiger charge is -2.40. The molecule has 0 aliphatic heterocycles. The van der Waals surface area contributed by atoms with Crippen molar-refractivity contribution in [2.24, 2.45) is 11.3 Å². The lowest BCUT2D eigenvalue weighted by Crippen LogP contribution is -2.35. The molecule has 0 saturated heterocycles. The highest BCUT2D eigenvalue weighted by Gasteiger charge is 2.35. The maximum atomic E-state index is 6.05. The monoisotopic (exact) mass is 314 g/mol. The van der Waals surface area contributed by atoms with Gasteiger partial charge in [0.15, 0.2) is 6.29 Å². The van der Waals surface area contributed by atoms with Crippen molar-refractivity contribution in [3.63, 3.8) is 0 Å². The molecule has 126 valence electrons. The van der Waals surface area contributed by atoms with E-state index in [0.29, 0.717) is 5.92 Å². The molecule has 0 amide bonds. The van der Waals surface area contributed by atoms with E-state index in [-0.39, 0.29) is 11.7 Å². The molecule has 3 atom stereocenters. The second kappa shape index (κ2) is 7.83. The van der Waals surface area contributed by atoms with E-state index in [1.54, 1.807) is 0 Å². The fourth-order valence-electron chi connectivity index (χ4n) is 3.66. The van der Waals surface area contributed by atoms with Crippen molar-refractivity contribution >= 4 is 6.08 Å². The van der Waals surface area contributed by atoms with E-state index in [1.165, 1.54) is 12.0 Å². The van der Waals surface area contributed by atoms with Crippen molar-refractivity contribution in [2.45, 2.75) is 52.7 Å². The summed E-state index contributed by atoms with van der Waals surface area (Å²) in [5.74, 6) is 1.53. The van der Waals surface area contributed by atoms with Gasteiger partial charge in [0.1, 0.15) is 5.75 Å². The van der Waals surface area contributed by atoms with Crippen LogP contribution in [-0.2, 0) is 4.74 Å². The van der Waals surface area contributed by atoms with Gasteiger partial charge in [0.05, 0.1) is 6.61 Å². The number of ether oxygens (including phenoxy) is 2. The molecule has 0 aromatic heterocycles. The maximum Gasteiger partial charge on any atom is 0.196 e. The predicted octanol–water partition coefficient (Wildman–Crippen LogP) is 5.84. The summed E-state index contributed by atoms with van der Waals surface area (Å²) in [6.45, 7) is 15.3. The molecule has 0 heterocycles. The summed E-state index contributed by atoms with van der Waals surface area (Å²) in [5, 5.41) is 0. The standard InChI is InChI=1S/C21H30O2/c1-6-19-8-10-20(11-9-19)23-18(5)22-15-21(7-2)13-16(3)12-17(4)14-21/h6,8-11,17-18H,1,3,7,12-15H2,2,4-5H3. The average molecular weight is 314 g/mol. The Bertz CT molecular complexity index is 531. The van der Waals surface area contributed by atoms with Crippen LogP contribution in [0.5, 0.6) is 5.75 Å². The predicted molar refractivity (Wildman–Crippen MR) is 97.5 cm³/mol. The third kappa shape index (κ3) is 4.97. The Morgan fingerprint density at radius 1 is 1.35 bits per heavy atom. The summed E-state index contributed by atoms with van der Waals surface area (Å²) in [6, 6.07) is 7.90. The van der Waals surface area contributed by atoms with Gasteiger partial charge in [-0.3, -0.25) is 0 Å². The minimum Gasteiger partial charge on any atom is -0.465 e. The van der Waals surface area contributed by atoms with Crippen LogP contribution in [0.3, 0.4) is 0 Å². The van der Waals surface area contributed by atoms with E-state index >= 15 is 0 Å². The van der Waals surface area contributed by atoms with E-state index in [9.17, 15) is 0 Å². The lowest BCUT2D eigenvalue weighted by molar-refractivity contribution is -0.105. The van der Waals surface area contributed by atoms with Crippen LogP contribution in [0.25, 0.3) is 6.08 Å². The van der Waals surface area contributed by atoms with Gasteiger partial charge in [-0.2, -0.15) is 0 Å². The van der Waals surface area contributed by atoms with Crippen molar-refractivity contribution in [1.29, 1.82) is 0 Å². The quantitative estimate of drug-likeness (QED) is 0.464. The molecule has 2 heteroatoms. The fourth-order valence-corrected chi connectivity index (χ4v) is 3.66. The van der Waals surface area contributed by atoms with Crippen LogP contribution < -0.4 is 4.74 Å². The highest BCUT2D eigenvalue weighted by molar-refractivity contribution is 5.48. The largest absolute Gasteiger partial charge is 0.465 e. The van der Waals surface area contributed by atoms with E-state index in [4.69, 9.17) is 9.47 Å². The second-order valence-corrected chi connectivity index (χ2v) is 7.06. The highest BCUT2D eigenvalue weighted by atomic mass is 16.7. The van der Waals surface area contributed by atoms with Crippen molar-refractivity contribution in [1.82, 2.24) is 0 Å². The minimum absolute atomic E-state index is 0.221. The summed E-state index contributed by atoms with van der Waals surface area (Å²) in [6.07, 6.45) is 6.14. The average Bonchev–Trinajstić information content (AvgIpc) is 2.53. The summed E-state index contributed by atoms with van der Waals surface area (Å²) in [4.78, 5) is 0. The summed E-state index contributed by atoms with van der Waals surface area (Å²) in [7, 11) is 0. The molecule has 1 fully saturated rings. The number of allylic oxidation sites excluding steroid dienone is 1. The van der Waals surface area contributed by atoms with Gasteiger partial charge in [-0.05, 0) is 61.6 Å². The minimum atomic E-state index is -0.251. The van der Waals surface area contributed by atoms with Gasteiger partial charge >= 0.3 is 0 Å². The second-order valence-electron chi connectivity index (χ2n) is 7.06. The maximum absolute atomic E-state index is 6.05. The topological polar surface area (TPSA) is 18.5 Å². The molecule has 0 N–H and O–H groups in total. The number of hydrogen-bond donors (Lipinski definition) is 0. The Labute approximate surface area is 141 Å². The zero-order valence-electron chi connectivity index (χ0n) is 14.8. The van der Waals surface area contributed by atoms with Crippen LogP contribution in [0.4, 0.5) is 0 Å². The van der Waals surface area contributed by atoms with Crippen molar-refractivity contribution in [2.75, 3.05) is 6.61 Å². The Hall–Kier alpha value is -1.54. The molecule has 1 aliphatic rings. The van der Waals surface area contributed by atoms with Crippen molar-refractivity contribution in [3.8, 4) is 5.75 Å². The molecular weight excluding hydrogens is 284 g/mol. The van der Waals surface area contributed by atoms with E-state index < -0.39 is 0 Å². The number of rotatable bonds is 7. The number of benzene rings is 1. The van der Waals surface area contributed by atoms with Crippen LogP contribution >= 0.6 is 0 Å².